The summed E-state index contributed by atoms with van der Waals surface area (Å²) in [6.45, 7) is 19.8. The van der Waals surface area contributed by atoms with Crippen LogP contribution in [0, 0.1) is 34.8 Å². The number of hydrogen-bond donors (Lipinski definition) is 1. The maximum absolute atomic E-state index is 14.9. The molecule has 2 fully saturated rings. The Bertz CT molecular complexity index is 1030. The van der Waals surface area contributed by atoms with Gasteiger partial charge in [0, 0.05) is 71.8 Å². The number of nitrogens with one attached hydrogen (secondary N) is 1. The molecule has 3 atom stereocenters. The quantitative estimate of drug-likeness (QED) is 0.189. The number of hydrogen-bond acceptors (Lipinski definition) is 3. The topological polar surface area (TPSA) is 52.7 Å². The molecule has 0 bridgehead atoms. The standard InChI is InChI=1S/C31H48F2IN3O2/c1-29(2,3)16-21(17-31(7,8)35-28(34)39)20-11-13-36(14-12-20)27(38)25-19-37(30(4,5)6)18-24(25)23-10-9-22(32)15-26(23)33/h9-10,15,20-21,24-25H,11-14,16-19H2,1-8H3,(H,35,39)/t21?,24-,25+/m0/s1. The van der Waals surface area contributed by atoms with E-state index in [-0.39, 0.29) is 38.1 Å². The van der Waals surface area contributed by atoms with Crippen molar-refractivity contribution < 1.29 is 18.4 Å². The fraction of sp³-hybridized carbons (Fsp3) is 0.742. The van der Waals surface area contributed by atoms with Crippen LogP contribution in [0.1, 0.15) is 92.6 Å². The Labute approximate surface area is 248 Å². The van der Waals surface area contributed by atoms with Gasteiger partial charge in [0.1, 0.15) is 11.6 Å². The molecular formula is C31H48F2IN3O2. The molecule has 3 rings (SSSR count). The normalized spacial score (nSPS) is 22.7. The summed E-state index contributed by atoms with van der Waals surface area (Å²) < 4.78 is 28.5. The lowest BCUT2D eigenvalue weighted by atomic mass is 9.70. The zero-order chi connectivity index (χ0) is 29.3. The van der Waals surface area contributed by atoms with Crippen molar-refractivity contribution in [1.29, 1.82) is 0 Å². The minimum absolute atomic E-state index is 0.0412. The predicted octanol–water partition coefficient (Wildman–Crippen LogP) is 7.38. The molecule has 2 saturated heterocycles. The van der Waals surface area contributed by atoms with Gasteiger partial charge < -0.3 is 10.2 Å². The number of nitrogens with zero attached hydrogens (tertiary/aromatic N) is 2. The van der Waals surface area contributed by atoms with Crippen LogP contribution in [0.25, 0.3) is 0 Å². The molecule has 8 heteroatoms. The van der Waals surface area contributed by atoms with Gasteiger partial charge in [0.15, 0.2) is 0 Å². The summed E-state index contributed by atoms with van der Waals surface area (Å²) in [5.74, 6) is -0.844. The fourth-order valence-corrected chi connectivity index (χ4v) is 7.44. The van der Waals surface area contributed by atoms with Crippen LogP contribution in [0.2, 0.25) is 0 Å². The predicted molar refractivity (Wildman–Crippen MR) is 162 cm³/mol. The summed E-state index contributed by atoms with van der Waals surface area (Å²) >= 11 is 1.80. The molecule has 0 radical (unpaired) electrons. The minimum Gasteiger partial charge on any atom is -0.343 e. The highest BCUT2D eigenvalue weighted by Gasteiger charge is 2.45. The highest BCUT2D eigenvalue weighted by Crippen LogP contribution is 2.41. The number of likely N-dealkylation sites (tertiary alicyclic amines) is 2. The summed E-state index contributed by atoms with van der Waals surface area (Å²) in [6.07, 6.45) is 3.80. The van der Waals surface area contributed by atoms with E-state index >= 15 is 0 Å². The smallest absolute Gasteiger partial charge is 0.281 e. The Morgan fingerprint density at radius 3 is 2.13 bits per heavy atom. The number of halogens is 3. The van der Waals surface area contributed by atoms with Crippen LogP contribution in [0.15, 0.2) is 18.2 Å². The van der Waals surface area contributed by atoms with Gasteiger partial charge in [-0.15, -0.1) is 0 Å². The molecule has 39 heavy (non-hydrogen) atoms. The van der Waals surface area contributed by atoms with Crippen molar-refractivity contribution >= 4 is 32.4 Å². The molecule has 2 aliphatic rings. The number of carbonyl (C=O) groups excluding carboxylic acids is 2. The molecule has 1 aromatic carbocycles. The van der Waals surface area contributed by atoms with Crippen molar-refractivity contribution in [3.05, 3.63) is 35.4 Å². The number of amides is 2. The van der Waals surface area contributed by atoms with Crippen molar-refractivity contribution in [3.8, 4) is 0 Å². The van der Waals surface area contributed by atoms with Crippen LogP contribution in [-0.4, -0.2) is 56.9 Å². The lowest BCUT2D eigenvalue weighted by molar-refractivity contribution is -0.137. The Kier molecular flexibility index (Phi) is 10.2. The first-order chi connectivity index (χ1) is 17.9. The largest absolute Gasteiger partial charge is 0.343 e. The second kappa shape index (κ2) is 12.3. The van der Waals surface area contributed by atoms with Gasteiger partial charge in [0.05, 0.1) is 5.92 Å². The Morgan fingerprint density at radius 2 is 1.62 bits per heavy atom. The molecule has 2 amide bonds. The molecule has 2 aliphatic heterocycles. The molecule has 5 nitrogen and oxygen atoms in total. The molecule has 0 aromatic heterocycles. The molecule has 220 valence electrons. The maximum atomic E-state index is 14.9. The van der Waals surface area contributed by atoms with E-state index in [0.717, 1.165) is 31.7 Å². The summed E-state index contributed by atoms with van der Waals surface area (Å²) in [6, 6.07) is 3.74. The van der Waals surface area contributed by atoms with Crippen LogP contribution < -0.4 is 5.32 Å². The Hall–Kier alpha value is -1.29. The molecular weight excluding hydrogens is 611 g/mol. The molecule has 1 N–H and O–H groups in total. The monoisotopic (exact) mass is 659 g/mol. The first-order valence-electron chi connectivity index (χ1n) is 14.3. The average molecular weight is 660 g/mol. The third kappa shape index (κ3) is 8.85. The van der Waals surface area contributed by atoms with Crippen LogP contribution in [0.5, 0.6) is 0 Å². The Morgan fingerprint density at radius 1 is 1.00 bits per heavy atom. The third-order valence-corrected chi connectivity index (χ3v) is 8.82. The number of piperidine rings is 1. The number of benzene rings is 1. The van der Waals surface area contributed by atoms with E-state index in [0.29, 0.717) is 43.6 Å². The van der Waals surface area contributed by atoms with Crippen LogP contribution >= 0.6 is 22.6 Å². The van der Waals surface area contributed by atoms with E-state index in [4.69, 9.17) is 0 Å². The molecule has 0 aliphatic carbocycles. The third-order valence-electron chi connectivity index (χ3n) is 8.55. The summed E-state index contributed by atoms with van der Waals surface area (Å²) in [4.78, 5) is 30.0. The van der Waals surface area contributed by atoms with Crippen molar-refractivity contribution in [2.24, 2.45) is 23.2 Å². The van der Waals surface area contributed by atoms with E-state index in [1.165, 1.54) is 12.1 Å². The van der Waals surface area contributed by atoms with Crippen LogP contribution in [-0.2, 0) is 4.79 Å². The van der Waals surface area contributed by atoms with E-state index < -0.39 is 11.6 Å². The highest BCUT2D eigenvalue weighted by atomic mass is 127. The maximum Gasteiger partial charge on any atom is 0.281 e. The lowest BCUT2D eigenvalue weighted by Crippen LogP contribution is -2.47. The van der Waals surface area contributed by atoms with E-state index in [9.17, 15) is 18.4 Å². The summed E-state index contributed by atoms with van der Waals surface area (Å²) in [5.41, 5.74) is 0.140. The summed E-state index contributed by atoms with van der Waals surface area (Å²) in [5, 5.41) is 3.11. The molecule has 0 spiro atoms. The zero-order valence-electron chi connectivity index (χ0n) is 25.0. The first kappa shape index (κ1) is 32.2. The number of rotatable bonds is 7. The van der Waals surface area contributed by atoms with Crippen molar-refractivity contribution in [2.75, 3.05) is 26.2 Å². The summed E-state index contributed by atoms with van der Waals surface area (Å²) in [7, 11) is 0. The van der Waals surface area contributed by atoms with Gasteiger partial charge >= 0.3 is 0 Å². The lowest BCUT2D eigenvalue weighted by Gasteiger charge is -2.42. The van der Waals surface area contributed by atoms with Gasteiger partial charge in [-0.3, -0.25) is 14.5 Å². The minimum atomic E-state index is -0.599. The molecule has 0 saturated carbocycles. The van der Waals surface area contributed by atoms with Gasteiger partial charge in [0.25, 0.3) is 3.91 Å². The highest BCUT2D eigenvalue weighted by molar-refractivity contribution is 14.1. The van der Waals surface area contributed by atoms with Crippen LogP contribution in [0.3, 0.4) is 0 Å². The van der Waals surface area contributed by atoms with Gasteiger partial charge in [-0.1, -0.05) is 26.8 Å². The van der Waals surface area contributed by atoms with E-state index in [1.54, 1.807) is 22.6 Å². The van der Waals surface area contributed by atoms with Gasteiger partial charge in [-0.05, 0) is 89.2 Å². The van der Waals surface area contributed by atoms with Crippen molar-refractivity contribution in [2.45, 2.75) is 98.1 Å². The van der Waals surface area contributed by atoms with Gasteiger partial charge in [-0.25, -0.2) is 8.78 Å². The van der Waals surface area contributed by atoms with E-state index in [1.807, 2.05) is 4.90 Å². The van der Waals surface area contributed by atoms with E-state index in [2.05, 4.69) is 65.6 Å². The molecule has 1 aromatic rings. The van der Waals surface area contributed by atoms with Crippen LogP contribution in [0.4, 0.5) is 13.6 Å². The van der Waals surface area contributed by atoms with Gasteiger partial charge in [-0.2, -0.15) is 0 Å². The molecule has 2 heterocycles. The first-order valence-corrected chi connectivity index (χ1v) is 15.4. The SMILES string of the molecule is CC(C)(C)CC(CC(C)(C)NC(=O)I)C1CCN(C(=O)[C@@H]2CN(C(C)(C)C)C[C@H]2c2ccc(F)cc2F)CC1. The van der Waals surface area contributed by atoms with Crippen molar-refractivity contribution in [3.63, 3.8) is 0 Å². The zero-order valence-corrected chi connectivity index (χ0v) is 27.2. The van der Waals surface area contributed by atoms with Crippen molar-refractivity contribution in [1.82, 2.24) is 15.1 Å². The number of carbonyl (C=O) groups is 2. The molecule has 1 unspecified atom stereocenters. The Balaban J connectivity index is 1.75. The van der Waals surface area contributed by atoms with Gasteiger partial charge in [0.2, 0.25) is 5.91 Å². The second-order valence-electron chi connectivity index (χ2n) is 14.6. The second-order valence-corrected chi connectivity index (χ2v) is 15.6. The fourth-order valence-electron chi connectivity index (χ4n) is 6.71. The average Bonchev–Trinajstić information content (AvgIpc) is 3.22.